The Morgan fingerprint density at radius 2 is 2.40 bits per heavy atom. The predicted molar refractivity (Wildman–Crippen MR) is 81.4 cm³/mol. The number of amides is 1. The quantitative estimate of drug-likeness (QED) is 0.872. The lowest BCUT2D eigenvalue weighted by Crippen LogP contribution is -2.39. The largest absolute Gasteiger partial charge is 0.313 e. The van der Waals surface area contributed by atoms with E-state index in [9.17, 15) is 4.79 Å². The van der Waals surface area contributed by atoms with Gasteiger partial charge in [-0.15, -0.1) is 0 Å². The van der Waals surface area contributed by atoms with E-state index in [0.29, 0.717) is 28.4 Å². The number of carbonyl (C=O) groups is 1. The van der Waals surface area contributed by atoms with Gasteiger partial charge in [0.1, 0.15) is 0 Å². The molecule has 1 aliphatic heterocycles. The number of rotatable bonds is 5. The van der Waals surface area contributed by atoms with Crippen LogP contribution in [0.5, 0.6) is 0 Å². The zero-order valence-corrected chi connectivity index (χ0v) is 12.8. The molecule has 2 heterocycles. The molecule has 0 bridgehead atoms. The van der Waals surface area contributed by atoms with Gasteiger partial charge < -0.3 is 10.6 Å². The molecule has 7 heteroatoms. The van der Waals surface area contributed by atoms with E-state index in [-0.39, 0.29) is 5.91 Å². The summed E-state index contributed by atoms with van der Waals surface area (Å²) < 4.78 is 0. The molecule has 0 radical (unpaired) electrons. The summed E-state index contributed by atoms with van der Waals surface area (Å²) >= 11 is 11.7. The Hall–Kier alpha value is -0.880. The molecule has 0 aromatic carbocycles. The lowest BCUT2D eigenvalue weighted by Gasteiger charge is -2.20. The number of likely N-dealkylation sites (N-methyl/N-ethyl adjacent to an activating group) is 1. The van der Waals surface area contributed by atoms with Gasteiger partial charge in [0.25, 0.3) is 0 Å². The average molecular weight is 317 g/mol. The standard InChI is InChI=1S/C13H18Cl2N4O/c1-19(7-10-3-2-4-16-10)8-12(20)18-13-11(15)5-9(14)6-17-13/h5-6,10,16H,2-4,7-8H2,1H3,(H,17,18,20). The van der Waals surface area contributed by atoms with E-state index in [0.717, 1.165) is 19.5 Å². The van der Waals surface area contributed by atoms with Crippen molar-refractivity contribution in [2.75, 3.05) is 32.0 Å². The summed E-state index contributed by atoms with van der Waals surface area (Å²) in [5.74, 6) is 0.204. The maximum absolute atomic E-state index is 11.9. The molecule has 1 atom stereocenters. The molecular weight excluding hydrogens is 299 g/mol. The first-order valence-corrected chi connectivity index (χ1v) is 7.33. The van der Waals surface area contributed by atoms with Gasteiger partial charge in [0.05, 0.1) is 16.6 Å². The van der Waals surface area contributed by atoms with E-state index >= 15 is 0 Å². The van der Waals surface area contributed by atoms with Gasteiger partial charge in [-0.3, -0.25) is 9.69 Å². The van der Waals surface area contributed by atoms with Crippen LogP contribution in [-0.2, 0) is 4.79 Å². The minimum atomic E-state index is -0.137. The first-order valence-electron chi connectivity index (χ1n) is 6.57. The first-order chi connectivity index (χ1) is 9.54. The van der Waals surface area contributed by atoms with Crippen molar-refractivity contribution in [2.45, 2.75) is 18.9 Å². The number of pyridine rings is 1. The number of hydrogen-bond acceptors (Lipinski definition) is 4. The van der Waals surface area contributed by atoms with E-state index in [1.54, 1.807) is 6.07 Å². The minimum absolute atomic E-state index is 0.137. The van der Waals surface area contributed by atoms with Crippen molar-refractivity contribution in [2.24, 2.45) is 0 Å². The highest BCUT2D eigenvalue weighted by Gasteiger charge is 2.17. The third-order valence-electron chi connectivity index (χ3n) is 3.17. The smallest absolute Gasteiger partial charge is 0.239 e. The second kappa shape index (κ2) is 7.22. The number of aromatic nitrogens is 1. The van der Waals surface area contributed by atoms with Crippen molar-refractivity contribution < 1.29 is 4.79 Å². The maximum Gasteiger partial charge on any atom is 0.239 e. The monoisotopic (exact) mass is 316 g/mol. The third-order valence-corrected chi connectivity index (χ3v) is 3.67. The van der Waals surface area contributed by atoms with Crippen molar-refractivity contribution in [3.63, 3.8) is 0 Å². The van der Waals surface area contributed by atoms with Gasteiger partial charge >= 0.3 is 0 Å². The highest BCUT2D eigenvalue weighted by atomic mass is 35.5. The average Bonchev–Trinajstić information content (AvgIpc) is 2.85. The normalized spacial score (nSPS) is 18.5. The lowest BCUT2D eigenvalue weighted by atomic mass is 10.2. The second-order valence-corrected chi connectivity index (χ2v) is 5.87. The fraction of sp³-hybridized carbons (Fsp3) is 0.538. The van der Waals surface area contributed by atoms with Gasteiger partial charge in [0.15, 0.2) is 5.82 Å². The Morgan fingerprint density at radius 1 is 1.60 bits per heavy atom. The summed E-state index contributed by atoms with van der Waals surface area (Å²) in [7, 11) is 1.93. The number of carbonyl (C=O) groups excluding carboxylic acids is 1. The molecule has 1 saturated heterocycles. The van der Waals surface area contributed by atoms with Crippen LogP contribution in [0.1, 0.15) is 12.8 Å². The Balaban J connectivity index is 1.82. The van der Waals surface area contributed by atoms with Crippen LogP contribution in [0.4, 0.5) is 5.82 Å². The molecule has 0 spiro atoms. The van der Waals surface area contributed by atoms with Crippen LogP contribution in [0.15, 0.2) is 12.3 Å². The van der Waals surface area contributed by atoms with Crippen molar-refractivity contribution in [1.82, 2.24) is 15.2 Å². The molecule has 5 nitrogen and oxygen atoms in total. The van der Waals surface area contributed by atoms with Gasteiger partial charge in [-0.05, 0) is 32.5 Å². The minimum Gasteiger partial charge on any atom is -0.313 e. The fourth-order valence-corrected chi connectivity index (χ4v) is 2.70. The summed E-state index contributed by atoms with van der Waals surface area (Å²) in [6.45, 7) is 2.23. The molecule has 1 unspecified atom stereocenters. The molecule has 2 rings (SSSR count). The molecule has 110 valence electrons. The fourth-order valence-electron chi connectivity index (χ4n) is 2.28. The molecule has 2 N–H and O–H groups in total. The van der Waals surface area contributed by atoms with Gasteiger partial charge in [-0.2, -0.15) is 0 Å². The number of anilines is 1. The van der Waals surface area contributed by atoms with E-state index in [1.165, 1.54) is 12.6 Å². The Kier molecular flexibility index (Phi) is 5.60. The zero-order valence-electron chi connectivity index (χ0n) is 11.3. The molecule has 1 aromatic heterocycles. The SMILES string of the molecule is CN(CC(=O)Nc1ncc(Cl)cc1Cl)CC1CCCN1. The number of halogens is 2. The van der Waals surface area contributed by atoms with Crippen LogP contribution in [0.25, 0.3) is 0 Å². The molecule has 1 aromatic rings. The summed E-state index contributed by atoms with van der Waals surface area (Å²) in [5.41, 5.74) is 0. The second-order valence-electron chi connectivity index (χ2n) is 5.02. The van der Waals surface area contributed by atoms with Gasteiger partial charge in [0, 0.05) is 18.8 Å². The van der Waals surface area contributed by atoms with Crippen molar-refractivity contribution >= 4 is 34.9 Å². The zero-order chi connectivity index (χ0) is 14.5. The van der Waals surface area contributed by atoms with Crippen molar-refractivity contribution in [3.05, 3.63) is 22.3 Å². The van der Waals surface area contributed by atoms with Gasteiger partial charge in [-0.1, -0.05) is 23.2 Å². The highest BCUT2D eigenvalue weighted by molar-refractivity contribution is 6.36. The van der Waals surface area contributed by atoms with Crippen LogP contribution in [0.2, 0.25) is 10.0 Å². The Bertz CT molecular complexity index is 477. The molecule has 0 saturated carbocycles. The Morgan fingerprint density at radius 3 is 3.05 bits per heavy atom. The van der Waals surface area contributed by atoms with E-state index in [2.05, 4.69) is 15.6 Å². The molecule has 1 amide bonds. The summed E-state index contributed by atoms with van der Waals surface area (Å²) in [4.78, 5) is 17.9. The van der Waals surface area contributed by atoms with Gasteiger partial charge in [0.2, 0.25) is 5.91 Å². The van der Waals surface area contributed by atoms with Crippen molar-refractivity contribution in [1.29, 1.82) is 0 Å². The number of nitrogens with one attached hydrogen (secondary N) is 2. The Labute approximate surface area is 128 Å². The molecule has 1 aliphatic rings. The van der Waals surface area contributed by atoms with Crippen LogP contribution < -0.4 is 10.6 Å². The molecular formula is C13H18Cl2N4O. The first kappa shape index (κ1) is 15.5. The summed E-state index contributed by atoms with van der Waals surface area (Å²) in [6, 6.07) is 2.03. The van der Waals surface area contributed by atoms with Crippen LogP contribution in [0.3, 0.4) is 0 Å². The highest BCUT2D eigenvalue weighted by Crippen LogP contribution is 2.22. The number of nitrogens with zero attached hydrogens (tertiary/aromatic N) is 2. The van der Waals surface area contributed by atoms with Crippen LogP contribution in [-0.4, -0.2) is 48.5 Å². The van der Waals surface area contributed by atoms with Crippen molar-refractivity contribution in [3.8, 4) is 0 Å². The lowest BCUT2D eigenvalue weighted by molar-refractivity contribution is -0.117. The topological polar surface area (TPSA) is 57.3 Å². The van der Waals surface area contributed by atoms with Crippen LogP contribution >= 0.6 is 23.2 Å². The summed E-state index contributed by atoms with van der Waals surface area (Å²) in [6.07, 6.45) is 3.82. The predicted octanol–water partition coefficient (Wildman–Crippen LogP) is 2.01. The third kappa shape index (κ3) is 4.59. The molecule has 0 aliphatic carbocycles. The number of hydrogen-bond donors (Lipinski definition) is 2. The maximum atomic E-state index is 11.9. The van der Waals surface area contributed by atoms with Gasteiger partial charge in [-0.25, -0.2) is 4.98 Å². The van der Waals surface area contributed by atoms with E-state index < -0.39 is 0 Å². The molecule has 1 fully saturated rings. The molecule has 20 heavy (non-hydrogen) atoms. The van der Waals surface area contributed by atoms with E-state index in [1.807, 2.05) is 11.9 Å². The van der Waals surface area contributed by atoms with Crippen LogP contribution in [0, 0.1) is 0 Å². The van der Waals surface area contributed by atoms with E-state index in [4.69, 9.17) is 23.2 Å². The summed E-state index contributed by atoms with van der Waals surface area (Å²) in [5, 5.41) is 6.88.